The zero-order chi connectivity index (χ0) is 24.8. The average Bonchev–Trinajstić information content (AvgIpc) is 3.56. The molecule has 0 radical (unpaired) electrons. The maximum atomic E-state index is 11.9. The quantitative estimate of drug-likeness (QED) is 0.358. The van der Waals surface area contributed by atoms with Crippen molar-refractivity contribution in [3.63, 3.8) is 0 Å². The Bertz CT molecular complexity index is 1440. The summed E-state index contributed by atoms with van der Waals surface area (Å²) >= 11 is 0. The molecular weight excluding hydrogens is 450 g/mol. The third kappa shape index (κ3) is 4.14. The van der Waals surface area contributed by atoms with E-state index in [0.29, 0.717) is 5.56 Å². The number of carbonyl (C=O) groups is 1. The molecule has 0 unspecified atom stereocenters. The highest BCUT2D eigenvalue weighted by atomic mass is 16.5. The van der Waals surface area contributed by atoms with Crippen molar-refractivity contribution in [2.24, 2.45) is 5.92 Å². The van der Waals surface area contributed by atoms with Crippen LogP contribution in [-0.4, -0.2) is 59.1 Å². The summed E-state index contributed by atoms with van der Waals surface area (Å²) in [5.41, 5.74) is 5.10. The number of nitrogens with zero attached hydrogens (tertiary/aromatic N) is 2. The summed E-state index contributed by atoms with van der Waals surface area (Å²) in [5.74, 6) is 0.873. The summed E-state index contributed by atoms with van der Waals surface area (Å²) in [7, 11) is 1.75. The van der Waals surface area contributed by atoms with Crippen molar-refractivity contribution >= 4 is 27.6 Å². The molecule has 0 spiro atoms. The smallest absolute Gasteiger partial charge is 0.336 e. The third-order valence-corrected chi connectivity index (χ3v) is 8.03. The number of aryl methyl sites for hydroxylation is 1. The molecule has 0 amide bonds. The van der Waals surface area contributed by atoms with Crippen molar-refractivity contribution in [1.29, 1.82) is 0 Å². The summed E-state index contributed by atoms with van der Waals surface area (Å²) < 4.78 is 5.86. The van der Waals surface area contributed by atoms with Gasteiger partial charge >= 0.3 is 5.97 Å². The molecule has 3 aromatic carbocycles. The molecular formula is C30H33N3O3. The Morgan fingerprint density at radius 3 is 2.64 bits per heavy atom. The molecule has 0 bridgehead atoms. The molecule has 6 rings (SSSR count). The maximum absolute atomic E-state index is 11.9. The number of H-pyrrole nitrogens is 1. The van der Waals surface area contributed by atoms with Gasteiger partial charge in [-0.1, -0.05) is 30.3 Å². The van der Waals surface area contributed by atoms with Crippen molar-refractivity contribution in [2.75, 3.05) is 33.3 Å². The van der Waals surface area contributed by atoms with E-state index in [2.05, 4.69) is 39.9 Å². The van der Waals surface area contributed by atoms with Crippen LogP contribution in [0.4, 0.5) is 0 Å². The van der Waals surface area contributed by atoms with Crippen molar-refractivity contribution < 1.29 is 14.6 Å². The van der Waals surface area contributed by atoms with Gasteiger partial charge in [-0.15, -0.1) is 0 Å². The fourth-order valence-corrected chi connectivity index (χ4v) is 5.98. The van der Waals surface area contributed by atoms with E-state index in [1.165, 1.54) is 34.9 Å². The molecule has 2 N–H and O–H groups in total. The van der Waals surface area contributed by atoms with Crippen LogP contribution >= 0.6 is 0 Å². The van der Waals surface area contributed by atoms with Crippen LogP contribution in [0.5, 0.6) is 5.75 Å². The average molecular weight is 484 g/mol. The molecule has 1 aliphatic carbocycles. The number of piperazine rings is 1. The highest BCUT2D eigenvalue weighted by Crippen LogP contribution is 2.38. The number of aromatic carboxylic acids is 1. The van der Waals surface area contributed by atoms with Crippen molar-refractivity contribution in [3.05, 3.63) is 77.0 Å². The molecule has 6 heteroatoms. The number of carboxylic acids is 1. The normalized spacial score (nSPS) is 19.2. The molecule has 1 saturated heterocycles. The predicted octanol–water partition coefficient (Wildman–Crippen LogP) is 5.61. The molecule has 1 atom stereocenters. The van der Waals surface area contributed by atoms with Crippen LogP contribution in [0.1, 0.15) is 45.9 Å². The fraction of sp³-hybridized carbons (Fsp3) is 0.367. The van der Waals surface area contributed by atoms with Gasteiger partial charge in [-0.05, 0) is 65.8 Å². The Morgan fingerprint density at radius 1 is 1.08 bits per heavy atom. The summed E-state index contributed by atoms with van der Waals surface area (Å²) in [6.07, 6.45) is 4.68. The number of aromatic amines is 1. The van der Waals surface area contributed by atoms with E-state index in [0.717, 1.165) is 60.7 Å². The van der Waals surface area contributed by atoms with Crippen LogP contribution in [0.25, 0.3) is 21.7 Å². The number of carboxylic acid groups (broad SMARTS) is 1. The predicted molar refractivity (Wildman–Crippen MR) is 143 cm³/mol. The lowest BCUT2D eigenvalue weighted by molar-refractivity contribution is 0.0656. The van der Waals surface area contributed by atoms with E-state index in [-0.39, 0.29) is 6.04 Å². The molecule has 2 aliphatic rings. The lowest BCUT2D eigenvalue weighted by Gasteiger charge is -2.42. The zero-order valence-electron chi connectivity index (χ0n) is 21.0. The number of aromatic nitrogens is 1. The standard InChI is InChI=1S/C30H33N3O3/c1-19-15-28(36-2)26(24-11-12-31-29(19)24)17-33-14-13-32(16-20-7-8-20)18-27(33)23-9-10-25(30(34)35)22-6-4-3-5-21(22)23/h3-6,9-12,15,20,27,31H,7-8,13-14,16-18H2,1-2H3,(H,34,35)/t27-/m0/s1. The largest absolute Gasteiger partial charge is 0.496 e. The Kier molecular flexibility index (Phi) is 5.94. The number of nitrogens with one attached hydrogen (secondary N) is 1. The number of ether oxygens (including phenoxy) is 1. The molecule has 2 heterocycles. The first-order chi connectivity index (χ1) is 17.5. The van der Waals surface area contributed by atoms with Gasteiger partial charge in [-0.25, -0.2) is 4.79 Å². The summed E-state index contributed by atoms with van der Waals surface area (Å²) in [5, 5.41) is 12.8. The van der Waals surface area contributed by atoms with E-state index in [1.807, 2.05) is 30.5 Å². The van der Waals surface area contributed by atoms with E-state index in [9.17, 15) is 9.90 Å². The van der Waals surface area contributed by atoms with Crippen molar-refractivity contribution in [3.8, 4) is 5.75 Å². The number of fused-ring (bicyclic) bond motifs is 2. The Morgan fingerprint density at radius 2 is 1.89 bits per heavy atom. The first kappa shape index (κ1) is 23.1. The van der Waals surface area contributed by atoms with Crippen LogP contribution in [0.3, 0.4) is 0 Å². The van der Waals surface area contributed by atoms with Gasteiger partial charge < -0.3 is 14.8 Å². The lowest BCUT2D eigenvalue weighted by Crippen LogP contribution is -2.48. The van der Waals surface area contributed by atoms with Gasteiger partial charge in [0.05, 0.1) is 12.7 Å². The maximum Gasteiger partial charge on any atom is 0.336 e. The summed E-state index contributed by atoms with van der Waals surface area (Å²) in [6.45, 7) is 6.98. The molecule has 1 saturated carbocycles. The Labute approximate surface area is 211 Å². The number of methoxy groups -OCH3 is 1. The van der Waals surface area contributed by atoms with Gasteiger partial charge in [0.2, 0.25) is 0 Å². The van der Waals surface area contributed by atoms with Gasteiger partial charge in [0.25, 0.3) is 0 Å². The fourth-order valence-electron chi connectivity index (χ4n) is 5.98. The van der Waals surface area contributed by atoms with Crippen LogP contribution in [-0.2, 0) is 6.54 Å². The number of hydrogen-bond donors (Lipinski definition) is 2. The minimum absolute atomic E-state index is 0.158. The first-order valence-electron chi connectivity index (χ1n) is 12.9. The number of benzene rings is 3. The molecule has 2 fully saturated rings. The van der Waals surface area contributed by atoms with Gasteiger partial charge in [0.1, 0.15) is 5.75 Å². The van der Waals surface area contributed by atoms with Gasteiger partial charge in [0.15, 0.2) is 0 Å². The lowest BCUT2D eigenvalue weighted by atomic mass is 9.92. The minimum Gasteiger partial charge on any atom is -0.496 e. The second-order valence-electron chi connectivity index (χ2n) is 10.4. The molecule has 1 aliphatic heterocycles. The Hall–Kier alpha value is -3.35. The minimum atomic E-state index is -0.882. The van der Waals surface area contributed by atoms with Gasteiger partial charge in [-0.2, -0.15) is 0 Å². The van der Waals surface area contributed by atoms with E-state index < -0.39 is 5.97 Å². The van der Waals surface area contributed by atoms with E-state index >= 15 is 0 Å². The molecule has 6 nitrogen and oxygen atoms in total. The molecule has 186 valence electrons. The van der Waals surface area contributed by atoms with E-state index in [4.69, 9.17) is 4.74 Å². The highest BCUT2D eigenvalue weighted by Gasteiger charge is 2.33. The third-order valence-electron chi connectivity index (χ3n) is 8.03. The number of hydrogen-bond acceptors (Lipinski definition) is 4. The van der Waals surface area contributed by atoms with Crippen molar-refractivity contribution in [2.45, 2.75) is 32.4 Å². The topological polar surface area (TPSA) is 68.8 Å². The van der Waals surface area contributed by atoms with Crippen LogP contribution in [0.2, 0.25) is 0 Å². The monoisotopic (exact) mass is 483 g/mol. The van der Waals surface area contributed by atoms with Crippen LogP contribution in [0, 0.1) is 12.8 Å². The SMILES string of the molecule is COc1cc(C)c2[nH]ccc2c1CN1CCN(CC2CC2)C[C@H]1c1ccc(C(=O)O)c2ccccc12. The highest BCUT2D eigenvalue weighted by molar-refractivity contribution is 6.04. The number of rotatable bonds is 7. The van der Waals surface area contributed by atoms with E-state index in [1.54, 1.807) is 13.2 Å². The summed E-state index contributed by atoms with van der Waals surface area (Å²) in [6, 6.07) is 16.2. The van der Waals surface area contributed by atoms with Gasteiger partial charge in [-0.3, -0.25) is 9.80 Å². The molecule has 36 heavy (non-hydrogen) atoms. The summed E-state index contributed by atoms with van der Waals surface area (Å²) in [4.78, 5) is 20.5. The molecule has 4 aromatic rings. The van der Waals surface area contributed by atoms with Crippen LogP contribution < -0.4 is 4.74 Å². The first-order valence-corrected chi connectivity index (χ1v) is 12.9. The van der Waals surface area contributed by atoms with Crippen molar-refractivity contribution in [1.82, 2.24) is 14.8 Å². The van der Waals surface area contributed by atoms with Gasteiger partial charge in [0, 0.05) is 61.4 Å². The van der Waals surface area contributed by atoms with Crippen LogP contribution in [0.15, 0.2) is 54.7 Å². The second kappa shape index (κ2) is 9.26. The second-order valence-corrected chi connectivity index (χ2v) is 10.4. The zero-order valence-corrected chi connectivity index (χ0v) is 21.0. The molecule has 1 aromatic heterocycles. The Balaban J connectivity index is 1.43.